The number of amides is 1. The van der Waals surface area contributed by atoms with E-state index in [1.54, 1.807) is 6.20 Å². The van der Waals surface area contributed by atoms with E-state index in [0.717, 1.165) is 15.3 Å². The molecule has 0 spiro atoms. The highest BCUT2D eigenvalue weighted by atomic mass is 32.1. The van der Waals surface area contributed by atoms with Crippen LogP contribution in [0.25, 0.3) is 20.8 Å². The number of nitrogens with two attached hydrogens (primary N) is 1. The first-order chi connectivity index (χ1) is 9.29. The third-order valence-electron chi connectivity index (χ3n) is 2.68. The molecule has 0 saturated heterocycles. The van der Waals surface area contributed by atoms with Crippen molar-refractivity contribution in [2.45, 2.75) is 0 Å². The molecule has 0 aliphatic carbocycles. The molecule has 0 unspecified atom stereocenters. The summed E-state index contributed by atoms with van der Waals surface area (Å²) in [6.45, 7) is 0. The number of aromatic nitrogens is 2. The normalized spacial score (nSPS) is 10.5. The van der Waals surface area contributed by atoms with E-state index in [0.29, 0.717) is 23.4 Å². The number of carbonyl (C=O) groups is 1. The Morgan fingerprint density at radius 3 is 2.79 bits per heavy atom. The van der Waals surface area contributed by atoms with Gasteiger partial charge < -0.3 is 11.1 Å². The minimum atomic E-state index is 0.366. The molecule has 3 aromatic rings. The second kappa shape index (κ2) is 4.66. The van der Waals surface area contributed by atoms with Crippen LogP contribution in [-0.2, 0) is 4.79 Å². The van der Waals surface area contributed by atoms with Crippen molar-refractivity contribution in [3.8, 4) is 10.6 Å². The van der Waals surface area contributed by atoms with E-state index >= 15 is 0 Å². The predicted molar refractivity (Wildman–Crippen MR) is 77.0 cm³/mol. The third kappa shape index (κ3) is 2.02. The number of nitrogens with one attached hydrogen (secondary N) is 1. The quantitative estimate of drug-likeness (QED) is 0.716. The largest absolute Gasteiger partial charge is 0.382 e. The van der Waals surface area contributed by atoms with Crippen molar-refractivity contribution < 1.29 is 4.79 Å². The van der Waals surface area contributed by atoms with Gasteiger partial charge in [-0.05, 0) is 0 Å². The minimum absolute atomic E-state index is 0.366. The number of carbonyl (C=O) groups excluding carboxylic acids is 1. The average Bonchev–Trinajstić information content (AvgIpc) is 2.89. The fourth-order valence-electron chi connectivity index (χ4n) is 1.80. The van der Waals surface area contributed by atoms with Gasteiger partial charge in [-0.25, -0.2) is 9.97 Å². The van der Waals surface area contributed by atoms with Gasteiger partial charge in [0, 0.05) is 5.56 Å². The summed E-state index contributed by atoms with van der Waals surface area (Å²) < 4.78 is 0.832. The van der Waals surface area contributed by atoms with Gasteiger partial charge in [-0.3, -0.25) is 4.79 Å². The summed E-state index contributed by atoms with van der Waals surface area (Å²) >= 11 is 1.48. The zero-order valence-corrected chi connectivity index (χ0v) is 10.6. The molecule has 0 fully saturated rings. The van der Waals surface area contributed by atoms with Crippen molar-refractivity contribution in [3.63, 3.8) is 0 Å². The van der Waals surface area contributed by atoms with E-state index in [2.05, 4.69) is 15.3 Å². The second-order valence-corrected chi connectivity index (χ2v) is 4.88. The number of rotatable bonds is 3. The number of nitrogen functional groups attached to an aromatic ring is 1. The molecule has 0 aliphatic rings. The average molecular weight is 270 g/mol. The van der Waals surface area contributed by atoms with E-state index in [9.17, 15) is 4.79 Å². The summed E-state index contributed by atoms with van der Waals surface area (Å²) in [5.41, 5.74) is 8.09. The molecule has 0 bridgehead atoms. The zero-order valence-electron chi connectivity index (χ0n) is 9.83. The molecule has 2 aromatic heterocycles. The number of benzene rings is 1. The van der Waals surface area contributed by atoms with Gasteiger partial charge in [0.25, 0.3) is 0 Å². The molecule has 94 valence electrons. The number of pyridine rings is 1. The fourth-order valence-corrected chi connectivity index (χ4v) is 2.85. The summed E-state index contributed by atoms with van der Waals surface area (Å²) in [4.78, 5) is 19.1. The molecule has 1 amide bonds. The highest BCUT2D eigenvalue weighted by Gasteiger charge is 2.12. The van der Waals surface area contributed by atoms with Gasteiger partial charge in [0.2, 0.25) is 6.41 Å². The predicted octanol–water partition coefficient (Wildman–Crippen LogP) is 2.51. The minimum Gasteiger partial charge on any atom is -0.382 e. The number of fused-ring (bicyclic) bond motifs is 1. The van der Waals surface area contributed by atoms with E-state index in [4.69, 9.17) is 5.73 Å². The maximum Gasteiger partial charge on any atom is 0.211 e. The van der Waals surface area contributed by atoms with Gasteiger partial charge >= 0.3 is 0 Å². The van der Waals surface area contributed by atoms with Gasteiger partial charge in [0.15, 0.2) is 5.82 Å². The first-order valence-corrected chi connectivity index (χ1v) is 6.42. The molecular weight excluding hydrogens is 260 g/mol. The topological polar surface area (TPSA) is 80.9 Å². The van der Waals surface area contributed by atoms with Crippen LogP contribution in [-0.4, -0.2) is 16.4 Å². The van der Waals surface area contributed by atoms with Crippen LogP contribution >= 0.6 is 11.3 Å². The van der Waals surface area contributed by atoms with Crippen molar-refractivity contribution >= 4 is 39.5 Å². The first kappa shape index (κ1) is 11.6. The molecular formula is C13H10N4OS. The lowest BCUT2D eigenvalue weighted by molar-refractivity contribution is -0.105. The van der Waals surface area contributed by atoms with Gasteiger partial charge in [-0.1, -0.05) is 30.3 Å². The van der Waals surface area contributed by atoms with Crippen molar-refractivity contribution in [1.82, 2.24) is 9.97 Å². The van der Waals surface area contributed by atoms with E-state index in [1.165, 1.54) is 11.3 Å². The van der Waals surface area contributed by atoms with Crippen LogP contribution < -0.4 is 11.1 Å². The number of anilines is 2. The molecule has 0 saturated carbocycles. The highest BCUT2D eigenvalue weighted by molar-refractivity contribution is 7.22. The molecule has 19 heavy (non-hydrogen) atoms. The lowest BCUT2D eigenvalue weighted by Gasteiger charge is -1.99. The smallest absolute Gasteiger partial charge is 0.211 e. The fraction of sp³-hybridized carbons (Fsp3) is 0. The van der Waals surface area contributed by atoms with Gasteiger partial charge in [-0.15, -0.1) is 11.3 Å². The van der Waals surface area contributed by atoms with Crippen molar-refractivity contribution in [3.05, 3.63) is 36.5 Å². The lowest BCUT2D eigenvalue weighted by atomic mass is 10.2. The summed E-state index contributed by atoms with van der Waals surface area (Å²) in [6, 6.07) is 9.82. The third-order valence-corrected chi connectivity index (χ3v) is 3.82. The Hall–Kier alpha value is -2.47. The Balaban J connectivity index is 2.22. The number of nitrogens with zero attached hydrogens (tertiary/aromatic N) is 2. The zero-order chi connectivity index (χ0) is 13.2. The Kier molecular flexibility index (Phi) is 2.85. The summed E-state index contributed by atoms with van der Waals surface area (Å²) in [5, 5.41) is 3.47. The first-order valence-electron chi connectivity index (χ1n) is 5.60. The van der Waals surface area contributed by atoms with Crippen molar-refractivity contribution in [2.24, 2.45) is 0 Å². The van der Waals surface area contributed by atoms with Crippen LogP contribution in [0.5, 0.6) is 0 Å². The summed E-state index contributed by atoms with van der Waals surface area (Å²) in [6.07, 6.45) is 2.16. The molecule has 5 nitrogen and oxygen atoms in total. The van der Waals surface area contributed by atoms with Crippen LogP contribution in [0, 0.1) is 0 Å². The van der Waals surface area contributed by atoms with Crippen molar-refractivity contribution in [1.29, 1.82) is 0 Å². The summed E-state index contributed by atoms with van der Waals surface area (Å²) in [5.74, 6) is 0.366. The Labute approximate surface area is 113 Å². The monoisotopic (exact) mass is 270 g/mol. The molecule has 0 radical (unpaired) electrons. The highest BCUT2D eigenvalue weighted by Crippen LogP contribution is 2.36. The molecule has 3 rings (SSSR count). The molecule has 2 heterocycles. The molecule has 1 aromatic carbocycles. The van der Waals surface area contributed by atoms with Crippen LogP contribution in [0.4, 0.5) is 11.5 Å². The van der Waals surface area contributed by atoms with E-state index in [-0.39, 0.29) is 0 Å². The second-order valence-electron chi connectivity index (χ2n) is 3.88. The molecule has 6 heteroatoms. The van der Waals surface area contributed by atoms with Gasteiger partial charge in [-0.2, -0.15) is 0 Å². The number of hydrogen-bond donors (Lipinski definition) is 2. The van der Waals surface area contributed by atoms with Gasteiger partial charge in [0.1, 0.15) is 10.5 Å². The van der Waals surface area contributed by atoms with E-state index in [1.807, 2.05) is 30.3 Å². The van der Waals surface area contributed by atoms with Crippen LogP contribution in [0.3, 0.4) is 0 Å². The number of thiazole rings is 1. The van der Waals surface area contributed by atoms with Gasteiger partial charge in [0.05, 0.1) is 16.6 Å². The van der Waals surface area contributed by atoms with Crippen LogP contribution in [0.1, 0.15) is 0 Å². The van der Waals surface area contributed by atoms with E-state index < -0.39 is 0 Å². The molecule has 3 N–H and O–H groups in total. The maximum absolute atomic E-state index is 10.6. The summed E-state index contributed by atoms with van der Waals surface area (Å²) in [7, 11) is 0. The Bertz CT molecular complexity index is 739. The van der Waals surface area contributed by atoms with Crippen LogP contribution in [0.15, 0.2) is 36.5 Å². The van der Waals surface area contributed by atoms with Crippen LogP contribution in [0.2, 0.25) is 0 Å². The standard InChI is InChI=1S/C13H10N4OS/c14-12-10-11(9(6-15-12)16-7-18)19-13(17-10)8-4-2-1-3-5-8/h1-7H,(H2,14,15)(H,16,18). The number of hydrogen-bond acceptors (Lipinski definition) is 5. The lowest BCUT2D eigenvalue weighted by Crippen LogP contribution is -1.97. The maximum atomic E-state index is 10.6. The molecule has 0 aliphatic heterocycles. The van der Waals surface area contributed by atoms with Crippen molar-refractivity contribution in [2.75, 3.05) is 11.1 Å². The molecule has 0 atom stereocenters. The Morgan fingerprint density at radius 2 is 2.05 bits per heavy atom. The Morgan fingerprint density at radius 1 is 1.26 bits per heavy atom. The SMILES string of the molecule is Nc1ncc(NC=O)c2sc(-c3ccccc3)nc12.